The van der Waals surface area contributed by atoms with E-state index in [9.17, 15) is 9.18 Å². The van der Waals surface area contributed by atoms with Crippen LogP contribution in [-0.2, 0) is 19.5 Å². The first-order chi connectivity index (χ1) is 17.0. The normalized spacial score (nSPS) is 13.1. The number of amides is 1. The highest BCUT2D eigenvalue weighted by Crippen LogP contribution is 2.32. The van der Waals surface area contributed by atoms with Gasteiger partial charge in [-0.05, 0) is 50.5 Å². The number of pyridine rings is 1. The van der Waals surface area contributed by atoms with Gasteiger partial charge >= 0.3 is 0 Å². The molecule has 0 atom stereocenters. The number of imidazole rings is 1. The van der Waals surface area contributed by atoms with Crippen LogP contribution in [0.3, 0.4) is 0 Å². The molecule has 0 radical (unpaired) electrons. The van der Waals surface area contributed by atoms with Crippen LogP contribution in [0.1, 0.15) is 48.0 Å². The van der Waals surface area contributed by atoms with Crippen molar-refractivity contribution >= 4 is 17.5 Å². The Balaban J connectivity index is 1.67. The molecule has 0 aliphatic carbocycles. The first-order valence-corrected chi connectivity index (χ1v) is 12.1. The summed E-state index contributed by atoms with van der Waals surface area (Å²) in [6.45, 7) is 9.62. The predicted molar refractivity (Wildman–Crippen MR) is 135 cm³/mol. The lowest BCUT2D eigenvalue weighted by Crippen LogP contribution is -2.38. The van der Waals surface area contributed by atoms with E-state index in [1.807, 2.05) is 23.9 Å². The SMILES string of the molecule is CCOc1cc(CN2CCc3c(cc(Cn4ccnc4NC)cc3N(CC)CC)C2=O)ncc1F. The molecule has 35 heavy (non-hydrogen) atoms. The number of carbonyl (C=O) groups is 1. The van der Waals surface area contributed by atoms with E-state index in [0.29, 0.717) is 37.5 Å². The molecule has 8 nitrogen and oxygen atoms in total. The second-order valence-electron chi connectivity index (χ2n) is 8.46. The van der Waals surface area contributed by atoms with E-state index in [2.05, 4.69) is 40.1 Å². The highest BCUT2D eigenvalue weighted by atomic mass is 19.1. The third-order valence-corrected chi connectivity index (χ3v) is 6.36. The maximum atomic E-state index is 14.0. The van der Waals surface area contributed by atoms with Crippen molar-refractivity contribution in [2.75, 3.05) is 43.5 Å². The maximum Gasteiger partial charge on any atom is 0.254 e. The number of nitrogens with zero attached hydrogens (tertiary/aromatic N) is 5. The Labute approximate surface area is 205 Å². The van der Waals surface area contributed by atoms with E-state index in [0.717, 1.165) is 48.5 Å². The second kappa shape index (κ2) is 10.8. The largest absolute Gasteiger partial charge is 0.491 e. The third-order valence-electron chi connectivity index (χ3n) is 6.36. The summed E-state index contributed by atoms with van der Waals surface area (Å²) in [4.78, 5) is 26.3. The van der Waals surface area contributed by atoms with Crippen molar-refractivity contribution in [3.05, 3.63) is 65.0 Å². The Bertz CT molecular complexity index is 1190. The molecular formula is C26H33FN6O2. The van der Waals surface area contributed by atoms with Crippen molar-refractivity contribution in [3.8, 4) is 5.75 Å². The quantitative estimate of drug-likeness (QED) is 0.474. The smallest absolute Gasteiger partial charge is 0.254 e. The number of rotatable bonds is 10. The van der Waals surface area contributed by atoms with Gasteiger partial charge in [0.15, 0.2) is 11.6 Å². The summed E-state index contributed by atoms with van der Waals surface area (Å²) in [7, 11) is 1.84. The summed E-state index contributed by atoms with van der Waals surface area (Å²) < 4.78 is 21.4. The van der Waals surface area contributed by atoms with Gasteiger partial charge in [-0.3, -0.25) is 9.78 Å². The van der Waals surface area contributed by atoms with Gasteiger partial charge in [-0.25, -0.2) is 9.37 Å². The van der Waals surface area contributed by atoms with E-state index in [-0.39, 0.29) is 11.7 Å². The zero-order valence-electron chi connectivity index (χ0n) is 20.8. The van der Waals surface area contributed by atoms with E-state index in [1.54, 1.807) is 24.1 Å². The molecule has 0 spiro atoms. The zero-order valence-corrected chi connectivity index (χ0v) is 20.8. The number of ether oxygens (including phenoxy) is 1. The molecule has 0 saturated carbocycles. The van der Waals surface area contributed by atoms with Crippen molar-refractivity contribution in [1.82, 2.24) is 19.4 Å². The Morgan fingerprint density at radius 3 is 2.66 bits per heavy atom. The van der Waals surface area contributed by atoms with E-state index < -0.39 is 5.82 Å². The van der Waals surface area contributed by atoms with Crippen LogP contribution in [0, 0.1) is 5.82 Å². The van der Waals surface area contributed by atoms with Crippen molar-refractivity contribution in [1.29, 1.82) is 0 Å². The number of benzene rings is 1. The Hall–Kier alpha value is -3.62. The van der Waals surface area contributed by atoms with Crippen LogP contribution in [-0.4, -0.2) is 58.6 Å². The molecule has 0 fully saturated rings. The molecule has 1 aliphatic rings. The Kier molecular flexibility index (Phi) is 7.53. The van der Waals surface area contributed by atoms with Crippen molar-refractivity contribution in [2.45, 2.75) is 40.3 Å². The molecule has 3 aromatic rings. The molecule has 0 saturated heterocycles. The number of aromatic nitrogens is 3. The topological polar surface area (TPSA) is 75.5 Å². The molecule has 1 amide bonds. The van der Waals surface area contributed by atoms with Crippen LogP contribution in [0.2, 0.25) is 0 Å². The molecule has 1 N–H and O–H groups in total. The summed E-state index contributed by atoms with van der Waals surface area (Å²) in [5.74, 6) is 0.395. The molecule has 0 bridgehead atoms. The summed E-state index contributed by atoms with van der Waals surface area (Å²) in [6, 6.07) is 5.78. The molecule has 2 aromatic heterocycles. The standard InChI is InChI=1S/C26H33FN6O2/c1-5-31(6-2)23-13-18(16-33-11-9-29-26(33)28-4)12-21-20(23)8-10-32(25(21)34)17-19-14-24(35-7-3)22(27)15-30-19/h9,11-15H,5-8,10,16-17H2,1-4H3,(H,28,29). The maximum absolute atomic E-state index is 14.0. The lowest BCUT2D eigenvalue weighted by Gasteiger charge is -2.33. The molecule has 186 valence electrons. The Morgan fingerprint density at radius 1 is 1.14 bits per heavy atom. The molecule has 3 heterocycles. The average Bonchev–Trinajstić information content (AvgIpc) is 3.31. The van der Waals surface area contributed by atoms with Gasteiger partial charge in [-0.2, -0.15) is 0 Å². The molecule has 4 rings (SSSR count). The fourth-order valence-electron chi connectivity index (χ4n) is 4.65. The predicted octanol–water partition coefficient (Wildman–Crippen LogP) is 3.95. The van der Waals surface area contributed by atoms with Crippen molar-refractivity contribution in [3.63, 3.8) is 0 Å². The fourth-order valence-corrected chi connectivity index (χ4v) is 4.65. The highest BCUT2D eigenvalue weighted by Gasteiger charge is 2.29. The van der Waals surface area contributed by atoms with Crippen LogP contribution in [0.5, 0.6) is 5.75 Å². The van der Waals surface area contributed by atoms with Crippen LogP contribution in [0.15, 0.2) is 36.8 Å². The van der Waals surface area contributed by atoms with Gasteiger partial charge in [-0.15, -0.1) is 0 Å². The lowest BCUT2D eigenvalue weighted by atomic mass is 9.93. The Morgan fingerprint density at radius 2 is 1.94 bits per heavy atom. The van der Waals surface area contributed by atoms with Gasteiger partial charge < -0.3 is 24.4 Å². The summed E-state index contributed by atoms with van der Waals surface area (Å²) in [5.41, 5.74) is 4.55. The number of carbonyl (C=O) groups excluding carboxylic acids is 1. The van der Waals surface area contributed by atoms with Gasteiger partial charge in [0.1, 0.15) is 0 Å². The van der Waals surface area contributed by atoms with E-state index in [4.69, 9.17) is 4.74 Å². The summed E-state index contributed by atoms with van der Waals surface area (Å²) in [6.07, 6.45) is 5.59. The van der Waals surface area contributed by atoms with Gasteiger partial charge in [0.2, 0.25) is 5.95 Å². The van der Waals surface area contributed by atoms with Gasteiger partial charge in [0.05, 0.1) is 31.6 Å². The van der Waals surface area contributed by atoms with Crippen molar-refractivity contribution in [2.24, 2.45) is 0 Å². The van der Waals surface area contributed by atoms with Crippen molar-refractivity contribution < 1.29 is 13.9 Å². The number of fused-ring (bicyclic) bond motifs is 1. The average molecular weight is 481 g/mol. The number of hydrogen-bond donors (Lipinski definition) is 1. The lowest BCUT2D eigenvalue weighted by molar-refractivity contribution is 0.0724. The zero-order chi connectivity index (χ0) is 24.9. The van der Waals surface area contributed by atoms with Gasteiger partial charge in [0.25, 0.3) is 5.91 Å². The van der Waals surface area contributed by atoms with Crippen LogP contribution < -0.4 is 15.0 Å². The molecule has 9 heteroatoms. The molecule has 0 unspecified atom stereocenters. The minimum atomic E-state index is -0.500. The third kappa shape index (κ3) is 5.08. The number of halogens is 1. The minimum absolute atomic E-state index is 0.0370. The van der Waals surface area contributed by atoms with Crippen LogP contribution in [0.4, 0.5) is 16.0 Å². The van der Waals surface area contributed by atoms with Gasteiger partial charge in [-0.1, -0.05) is 0 Å². The first kappa shape index (κ1) is 24.5. The first-order valence-electron chi connectivity index (χ1n) is 12.1. The fraction of sp³-hybridized carbons (Fsp3) is 0.423. The van der Waals surface area contributed by atoms with Gasteiger partial charge in [0, 0.05) is 56.4 Å². The van der Waals surface area contributed by atoms with E-state index >= 15 is 0 Å². The van der Waals surface area contributed by atoms with Crippen LogP contribution >= 0.6 is 0 Å². The number of hydrogen-bond acceptors (Lipinski definition) is 6. The summed E-state index contributed by atoms with van der Waals surface area (Å²) in [5, 5.41) is 3.10. The number of anilines is 2. The van der Waals surface area contributed by atoms with E-state index in [1.165, 1.54) is 0 Å². The minimum Gasteiger partial charge on any atom is -0.491 e. The highest BCUT2D eigenvalue weighted by molar-refractivity contribution is 5.98. The molecular weight excluding hydrogens is 447 g/mol. The molecule has 1 aromatic carbocycles. The second-order valence-corrected chi connectivity index (χ2v) is 8.46. The number of nitrogens with one attached hydrogen (secondary N) is 1. The summed E-state index contributed by atoms with van der Waals surface area (Å²) >= 11 is 0. The van der Waals surface area contributed by atoms with Crippen LogP contribution in [0.25, 0.3) is 0 Å². The molecule has 1 aliphatic heterocycles. The monoisotopic (exact) mass is 480 g/mol.